The molecule has 0 bridgehead atoms. The number of aryl methyl sites for hydroxylation is 1. The second-order valence-electron chi connectivity index (χ2n) is 6.36. The molecule has 0 aliphatic rings. The first-order chi connectivity index (χ1) is 12.8. The molecule has 4 rings (SSSR count). The highest BCUT2D eigenvalue weighted by atomic mass is 15.3. The van der Waals surface area contributed by atoms with Gasteiger partial charge >= 0.3 is 0 Å². The van der Waals surface area contributed by atoms with Gasteiger partial charge in [-0.1, -0.05) is 85.8 Å². The highest BCUT2D eigenvalue weighted by Gasteiger charge is 2.16. The minimum absolute atomic E-state index is 0.0229. The van der Waals surface area contributed by atoms with E-state index in [1.807, 2.05) is 10.7 Å². The Morgan fingerprint density at radius 1 is 0.808 bits per heavy atom. The summed E-state index contributed by atoms with van der Waals surface area (Å²) < 4.78 is 1.90. The van der Waals surface area contributed by atoms with Crippen LogP contribution in [0.2, 0.25) is 0 Å². The molecule has 1 unspecified atom stereocenters. The van der Waals surface area contributed by atoms with Crippen LogP contribution in [0.5, 0.6) is 0 Å². The molecule has 128 valence electrons. The van der Waals surface area contributed by atoms with Crippen LogP contribution in [0, 0.1) is 0 Å². The Hall–Kier alpha value is -3.20. The summed E-state index contributed by atoms with van der Waals surface area (Å²) in [5.74, 6) is 0. The Balaban J connectivity index is 1.71. The lowest BCUT2D eigenvalue weighted by atomic mass is 9.95. The van der Waals surface area contributed by atoms with Crippen LogP contribution in [0.1, 0.15) is 29.7 Å². The monoisotopic (exact) mass is 339 g/mol. The second kappa shape index (κ2) is 7.36. The topological polar surface area (TPSA) is 30.7 Å². The molecule has 0 amide bonds. The molecule has 26 heavy (non-hydrogen) atoms. The predicted octanol–water partition coefficient (Wildman–Crippen LogP) is 5.15. The fourth-order valence-corrected chi connectivity index (χ4v) is 3.31. The van der Waals surface area contributed by atoms with Crippen LogP contribution in [-0.2, 0) is 6.42 Å². The molecular weight excluding hydrogens is 318 g/mol. The Bertz CT molecular complexity index is 958. The molecule has 0 aliphatic heterocycles. The Morgan fingerprint density at radius 3 is 2.27 bits per heavy atom. The van der Waals surface area contributed by atoms with Gasteiger partial charge in [0.1, 0.15) is 18.7 Å². The first-order valence-corrected chi connectivity index (χ1v) is 8.93. The van der Waals surface area contributed by atoms with E-state index in [1.165, 1.54) is 27.8 Å². The molecule has 4 aromatic rings. The molecule has 0 N–H and O–H groups in total. The average molecular weight is 339 g/mol. The lowest BCUT2D eigenvalue weighted by Crippen LogP contribution is -2.12. The van der Waals surface area contributed by atoms with Gasteiger partial charge in [0.15, 0.2) is 0 Å². The Labute approximate surface area is 154 Å². The molecule has 1 aromatic heterocycles. The molecule has 0 fully saturated rings. The molecule has 0 spiro atoms. The van der Waals surface area contributed by atoms with Crippen molar-refractivity contribution in [2.75, 3.05) is 0 Å². The molecule has 3 nitrogen and oxygen atoms in total. The van der Waals surface area contributed by atoms with Crippen LogP contribution >= 0.6 is 0 Å². The van der Waals surface area contributed by atoms with Gasteiger partial charge in [0, 0.05) is 0 Å². The summed E-state index contributed by atoms with van der Waals surface area (Å²) >= 11 is 0. The van der Waals surface area contributed by atoms with Crippen molar-refractivity contribution in [1.29, 1.82) is 0 Å². The molecule has 1 heterocycles. The van der Waals surface area contributed by atoms with Crippen LogP contribution < -0.4 is 0 Å². The van der Waals surface area contributed by atoms with Gasteiger partial charge in [-0.25, -0.2) is 9.67 Å². The van der Waals surface area contributed by atoms with E-state index in [9.17, 15) is 0 Å². The summed E-state index contributed by atoms with van der Waals surface area (Å²) in [4.78, 5) is 4.13. The minimum Gasteiger partial charge on any atom is -0.241 e. The van der Waals surface area contributed by atoms with Gasteiger partial charge in [0.25, 0.3) is 0 Å². The van der Waals surface area contributed by atoms with E-state index in [0.717, 1.165) is 6.42 Å². The zero-order valence-corrected chi connectivity index (χ0v) is 14.8. The molecule has 3 heteroatoms. The zero-order chi connectivity index (χ0) is 17.8. The summed E-state index contributed by atoms with van der Waals surface area (Å²) in [6.07, 6.45) is 4.41. The van der Waals surface area contributed by atoms with E-state index in [0.29, 0.717) is 0 Å². The SMILES string of the molecule is CCc1cccc(-c2ccc(C(c3ccccc3)n3cncn3)cc2)c1. The third-order valence-corrected chi connectivity index (χ3v) is 4.71. The highest BCUT2D eigenvalue weighted by molar-refractivity contribution is 5.64. The number of nitrogens with zero attached hydrogens (tertiary/aromatic N) is 3. The minimum atomic E-state index is 0.0229. The van der Waals surface area contributed by atoms with E-state index in [2.05, 4.69) is 89.8 Å². The van der Waals surface area contributed by atoms with E-state index >= 15 is 0 Å². The summed E-state index contributed by atoms with van der Waals surface area (Å²) in [5, 5.41) is 4.38. The van der Waals surface area contributed by atoms with Crippen LogP contribution in [0.4, 0.5) is 0 Å². The normalized spacial score (nSPS) is 12.0. The van der Waals surface area contributed by atoms with E-state index < -0.39 is 0 Å². The maximum atomic E-state index is 4.38. The largest absolute Gasteiger partial charge is 0.241 e. The van der Waals surface area contributed by atoms with Gasteiger partial charge in [0.2, 0.25) is 0 Å². The van der Waals surface area contributed by atoms with Gasteiger partial charge in [0.05, 0.1) is 0 Å². The van der Waals surface area contributed by atoms with Crippen molar-refractivity contribution in [1.82, 2.24) is 14.8 Å². The summed E-state index contributed by atoms with van der Waals surface area (Å²) in [6, 6.07) is 27.9. The van der Waals surface area contributed by atoms with Gasteiger partial charge in [-0.05, 0) is 34.2 Å². The van der Waals surface area contributed by atoms with Crippen molar-refractivity contribution in [2.45, 2.75) is 19.4 Å². The van der Waals surface area contributed by atoms with E-state index in [1.54, 1.807) is 12.7 Å². The molecule has 1 atom stereocenters. The van der Waals surface area contributed by atoms with Crippen molar-refractivity contribution < 1.29 is 0 Å². The van der Waals surface area contributed by atoms with Gasteiger partial charge in [-0.2, -0.15) is 5.10 Å². The number of hydrogen-bond donors (Lipinski definition) is 0. The third kappa shape index (κ3) is 3.29. The Kier molecular flexibility index (Phi) is 4.61. The molecular formula is C23H21N3. The number of benzene rings is 3. The molecule has 0 saturated heterocycles. The summed E-state index contributed by atoms with van der Waals surface area (Å²) in [5.41, 5.74) is 6.23. The number of hydrogen-bond acceptors (Lipinski definition) is 2. The van der Waals surface area contributed by atoms with E-state index in [4.69, 9.17) is 0 Å². The van der Waals surface area contributed by atoms with Crippen molar-refractivity contribution >= 4 is 0 Å². The van der Waals surface area contributed by atoms with Crippen molar-refractivity contribution in [3.05, 3.63) is 108 Å². The maximum Gasteiger partial charge on any atom is 0.137 e. The summed E-state index contributed by atoms with van der Waals surface area (Å²) in [7, 11) is 0. The molecule has 0 saturated carbocycles. The predicted molar refractivity (Wildman–Crippen MR) is 105 cm³/mol. The van der Waals surface area contributed by atoms with E-state index in [-0.39, 0.29) is 6.04 Å². The molecule has 0 radical (unpaired) electrons. The lowest BCUT2D eigenvalue weighted by molar-refractivity contribution is 0.594. The number of rotatable bonds is 5. The van der Waals surface area contributed by atoms with Crippen LogP contribution in [-0.4, -0.2) is 14.8 Å². The first kappa shape index (κ1) is 16.3. The van der Waals surface area contributed by atoms with Crippen molar-refractivity contribution in [3.63, 3.8) is 0 Å². The fraction of sp³-hybridized carbons (Fsp3) is 0.130. The van der Waals surface area contributed by atoms with Crippen molar-refractivity contribution in [3.8, 4) is 11.1 Å². The first-order valence-electron chi connectivity index (χ1n) is 8.93. The smallest absolute Gasteiger partial charge is 0.137 e. The van der Waals surface area contributed by atoms with Crippen molar-refractivity contribution in [2.24, 2.45) is 0 Å². The van der Waals surface area contributed by atoms with Crippen LogP contribution in [0.15, 0.2) is 91.5 Å². The maximum absolute atomic E-state index is 4.38. The number of aromatic nitrogens is 3. The third-order valence-electron chi connectivity index (χ3n) is 4.71. The van der Waals surface area contributed by atoms with Crippen LogP contribution in [0.3, 0.4) is 0 Å². The standard InChI is InChI=1S/C23H21N3/c1-2-18-7-6-10-22(15-18)19-11-13-21(14-12-19)23(26-17-24-16-25-26)20-8-4-3-5-9-20/h3-17,23H,2H2,1H3. The average Bonchev–Trinajstić information content (AvgIpc) is 3.24. The summed E-state index contributed by atoms with van der Waals surface area (Å²) in [6.45, 7) is 2.19. The zero-order valence-electron chi connectivity index (χ0n) is 14.8. The lowest BCUT2D eigenvalue weighted by Gasteiger charge is -2.18. The quantitative estimate of drug-likeness (QED) is 0.504. The highest BCUT2D eigenvalue weighted by Crippen LogP contribution is 2.28. The fourth-order valence-electron chi connectivity index (χ4n) is 3.31. The Morgan fingerprint density at radius 2 is 1.58 bits per heavy atom. The van der Waals surface area contributed by atoms with Gasteiger partial charge in [-0.15, -0.1) is 0 Å². The van der Waals surface area contributed by atoms with Crippen LogP contribution in [0.25, 0.3) is 11.1 Å². The second-order valence-corrected chi connectivity index (χ2v) is 6.36. The van der Waals surface area contributed by atoms with Gasteiger partial charge < -0.3 is 0 Å². The molecule has 0 aliphatic carbocycles. The molecule has 3 aromatic carbocycles. The van der Waals surface area contributed by atoms with Gasteiger partial charge in [-0.3, -0.25) is 0 Å².